The standard InChI is InChI=1S/C25H27N3O4/c1-16-23(17(2)28(26-16)18-9-6-5-7-10-18)24(29)25(30)27-14-8-11-21(27)20-15-19(31-3)12-13-22(20)32-4/h5-7,9-10,12-13,15,21H,8,11,14H2,1-4H3. The Hall–Kier alpha value is -3.61. The second kappa shape index (κ2) is 8.86. The molecule has 4 rings (SSSR count). The Labute approximate surface area is 187 Å². The maximum absolute atomic E-state index is 13.4. The molecule has 3 aromatic rings. The molecule has 1 aliphatic rings. The maximum atomic E-state index is 13.4. The Morgan fingerprint density at radius 2 is 1.78 bits per heavy atom. The summed E-state index contributed by atoms with van der Waals surface area (Å²) in [4.78, 5) is 28.4. The average molecular weight is 434 g/mol. The van der Waals surface area contributed by atoms with Crippen molar-refractivity contribution < 1.29 is 19.1 Å². The number of ketones is 1. The van der Waals surface area contributed by atoms with Crippen molar-refractivity contribution in [3.05, 3.63) is 71.0 Å². The number of hydrogen-bond donors (Lipinski definition) is 0. The number of carbonyl (C=O) groups is 2. The quantitative estimate of drug-likeness (QED) is 0.433. The van der Waals surface area contributed by atoms with Gasteiger partial charge in [0.2, 0.25) is 0 Å². The smallest absolute Gasteiger partial charge is 0.295 e. The molecule has 0 saturated carbocycles. The van der Waals surface area contributed by atoms with E-state index in [2.05, 4.69) is 5.10 Å². The Morgan fingerprint density at radius 1 is 1.03 bits per heavy atom. The molecule has 0 radical (unpaired) electrons. The van der Waals surface area contributed by atoms with Crippen LogP contribution in [0.5, 0.6) is 11.5 Å². The van der Waals surface area contributed by atoms with Crippen molar-refractivity contribution in [1.29, 1.82) is 0 Å². The molecule has 1 amide bonds. The number of methoxy groups -OCH3 is 2. The molecule has 0 N–H and O–H groups in total. The third-order valence-corrected chi connectivity index (χ3v) is 6.02. The molecule has 1 fully saturated rings. The minimum atomic E-state index is -0.532. The molecule has 2 heterocycles. The first-order valence-corrected chi connectivity index (χ1v) is 10.6. The van der Waals surface area contributed by atoms with Gasteiger partial charge in [-0.15, -0.1) is 0 Å². The van der Waals surface area contributed by atoms with Gasteiger partial charge in [-0.2, -0.15) is 5.10 Å². The van der Waals surface area contributed by atoms with Crippen molar-refractivity contribution >= 4 is 11.7 Å². The predicted octanol–water partition coefficient (Wildman–Crippen LogP) is 4.05. The molecule has 2 aromatic carbocycles. The van der Waals surface area contributed by atoms with E-state index in [1.807, 2.05) is 55.5 Å². The van der Waals surface area contributed by atoms with E-state index in [0.717, 1.165) is 24.1 Å². The molecule has 1 saturated heterocycles. The van der Waals surface area contributed by atoms with E-state index < -0.39 is 11.7 Å². The van der Waals surface area contributed by atoms with Gasteiger partial charge in [-0.25, -0.2) is 4.68 Å². The molecule has 0 spiro atoms. The average Bonchev–Trinajstić information content (AvgIpc) is 3.42. The molecule has 32 heavy (non-hydrogen) atoms. The highest BCUT2D eigenvalue weighted by molar-refractivity contribution is 6.43. The largest absolute Gasteiger partial charge is 0.497 e. The highest BCUT2D eigenvalue weighted by atomic mass is 16.5. The van der Waals surface area contributed by atoms with Crippen molar-refractivity contribution in [3.63, 3.8) is 0 Å². The zero-order valence-corrected chi connectivity index (χ0v) is 18.8. The zero-order chi connectivity index (χ0) is 22.8. The fourth-order valence-corrected chi connectivity index (χ4v) is 4.46. The number of likely N-dealkylation sites (tertiary alicyclic amines) is 1. The van der Waals surface area contributed by atoms with Gasteiger partial charge in [0.05, 0.1) is 42.9 Å². The van der Waals surface area contributed by atoms with Gasteiger partial charge in [0.25, 0.3) is 11.7 Å². The molecule has 1 unspecified atom stereocenters. The number of Topliss-reactive ketones (excluding diaryl/α,β-unsaturated/α-hetero) is 1. The third-order valence-electron chi connectivity index (χ3n) is 6.02. The summed E-state index contributed by atoms with van der Waals surface area (Å²) in [7, 11) is 3.20. The normalized spacial score (nSPS) is 15.6. The Kier molecular flexibility index (Phi) is 5.99. The van der Waals surface area contributed by atoms with Crippen LogP contribution in [0.4, 0.5) is 0 Å². The number of hydrogen-bond acceptors (Lipinski definition) is 5. The van der Waals surface area contributed by atoms with E-state index in [0.29, 0.717) is 35.0 Å². The summed E-state index contributed by atoms with van der Waals surface area (Å²) in [6.45, 7) is 4.10. The minimum absolute atomic E-state index is 0.249. The maximum Gasteiger partial charge on any atom is 0.295 e. The summed E-state index contributed by atoms with van der Waals surface area (Å²) < 4.78 is 12.6. The van der Waals surface area contributed by atoms with Crippen LogP contribution in [0.15, 0.2) is 48.5 Å². The number of nitrogens with zero attached hydrogens (tertiary/aromatic N) is 3. The van der Waals surface area contributed by atoms with Crippen LogP contribution in [0, 0.1) is 13.8 Å². The summed E-state index contributed by atoms with van der Waals surface area (Å²) in [5.74, 6) is 0.307. The third kappa shape index (κ3) is 3.75. The van der Waals surface area contributed by atoms with Crippen LogP contribution in [-0.2, 0) is 4.79 Å². The number of rotatable bonds is 6. The van der Waals surface area contributed by atoms with Gasteiger partial charge in [0.1, 0.15) is 11.5 Å². The first-order chi connectivity index (χ1) is 15.5. The van der Waals surface area contributed by atoms with E-state index >= 15 is 0 Å². The Balaban J connectivity index is 1.67. The summed E-state index contributed by atoms with van der Waals surface area (Å²) in [5.41, 5.74) is 3.25. The number of benzene rings is 2. The van der Waals surface area contributed by atoms with Gasteiger partial charge in [-0.05, 0) is 57.0 Å². The van der Waals surface area contributed by atoms with E-state index in [4.69, 9.17) is 9.47 Å². The number of para-hydroxylation sites is 1. The van der Waals surface area contributed by atoms with Gasteiger partial charge < -0.3 is 14.4 Å². The van der Waals surface area contributed by atoms with Gasteiger partial charge in [-0.3, -0.25) is 9.59 Å². The van der Waals surface area contributed by atoms with Crippen LogP contribution in [-0.4, -0.2) is 47.1 Å². The first kappa shape index (κ1) is 21.6. The number of amides is 1. The van der Waals surface area contributed by atoms with Gasteiger partial charge in [0, 0.05) is 12.1 Å². The van der Waals surface area contributed by atoms with E-state index in [1.54, 1.807) is 30.7 Å². The van der Waals surface area contributed by atoms with Crippen molar-refractivity contribution in [2.24, 2.45) is 0 Å². The van der Waals surface area contributed by atoms with Crippen molar-refractivity contribution in [3.8, 4) is 17.2 Å². The molecule has 0 bridgehead atoms. The first-order valence-electron chi connectivity index (χ1n) is 10.6. The molecular weight excluding hydrogens is 406 g/mol. The second-order valence-electron chi connectivity index (χ2n) is 7.89. The number of carbonyl (C=O) groups excluding carboxylic acids is 2. The van der Waals surface area contributed by atoms with Gasteiger partial charge in [0.15, 0.2) is 0 Å². The van der Waals surface area contributed by atoms with Crippen molar-refractivity contribution in [2.75, 3.05) is 20.8 Å². The SMILES string of the molecule is COc1ccc(OC)c(C2CCCN2C(=O)C(=O)c2c(C)nn(-c3ccccc3)c2C)c1. The Morgan fingerprint density at radius 3 is 2.47 bits per heavy atom. The zero-order valence-electron chi connectivity index (χ0n) is 18.8. The van der Waals surface area contributed by atoms with E-state index in [-0.39, 0.29) is 6.04 Å². The highest BCUT2D eigenvalue weighted by Crippen LogP contribution is 2.39. The number of aryl methyl sites for hydroxylation is 1. The predicted molar refractivity (Wildman–Crippen MR) is 121 cm³/mol. The summed E-state index contributed by atoms with van der Waals surface area (Å²) in [6, 6.07) is 14.9. The summed E-state index contributed by atoms with van der Waals surface area (Å²) >= 11 is 0. The monoisotopic (exact) mass is 433 g/mol. The molecule has 1 aliphatic heterocycles. The minimum Gasteiger partial charge on any atom is -0.497 e. The van der Waals surface area contributed by atoms with Crippen LogP contribution >= 0.6 is 0 Å². The molecule has 0 aliphatic carbocycles. The Bertz CT molecular complexity index is 1150. The second-order valence-corrected chi connectivity index (χ2v) is 7.89. The molecule has 1 aromatic heterocycles. The van der Waals surface area contributed by atoms with Crippen molar-refractivity contribution in [1.82, 2.24) is 14.7 Å². The topological polar surface area (TPSA) is 73.7 Å². The lowest BCUT2D eigenvalue weighted by atomic mass is 10.0. The number of ether oxygens (including phenoxy) is 2. The lowest BCUT2D eigenvalue weighted by Gasteiger charge is -2.26. The lowest BCUT2D eigenvalue weighted by Crippen LogP contribution is -2.36. The van der Waals surface area contributed by atoms with Crippen LogP contribution in [0.2, 0.25) is 0 Å². The molecule has 7 heteroatoms. The van der Waals surface area contributed by atoms with Gasteiger partial charge in [-0.1, -0.05) is 18.2 Å². The van der Waals surface area contributed by atoms with E-state index in [1.165, 1.54) is 0 Å². The fraction of sp³-hybridized carbons (Fsp3) is 0.320. The molecule has 7 nitrogen and oxygen atoms in total. The highest BCUT2D eigenvalue weighted by Gasteiger charge is 2.37. The van der Waals surface area contributed by atoms with Crippen molar-refractivity contribution in [2.45, 2.75) is 32.7 Å². The van der Waals surface area contributed by atoms with Crippen LogP contribution < -0.4 is 9.47 Å². The van der Waals surface area contributed by atoms with Crippen LogP contribution in [0.1, 0.15) is 46.2 Å². The molecule has 1 atom stereocenters. The van der Waals surface area contributed by atoms with Crippen LogP contribution in [0.25, 0.3) is 5.69 Å². The van der Waals surface area contributed by atoms with Crippen LogP contribution in [0.3, 0.4) is 0 Å². The van der Waals surface area contributed by atoms with Gasteiger partial charge >= 0.3 is 0 Å². The summed E-state index contributed by atoms with van der Waals surface area (Å²) in [5, 5.41) is 4.53. The summed E-state index contributed by atoms with van der Waals surface area (Å²) in [6.07, 6.45) is 1.56. The molecular formula is C25H27N3O4. The number of aromatic nitrogens is 2. The van der Waals surface area contributed by atoms with E-state index in [9.17, 15) is 9.59 Å². The lowest BCUT2D eigenvalue weighted by molar-refractivity contribution is -0.127. The fourth-order valence-electron chi connectivity index (χ4n) is 4.46. The molecule has 166 valence electrons.